The molecule has 0 fully saturated rings. The van der Waals surface area contributed by atoms with Crippen LogP contribution < -0.4 is 4.90 Å². The molecule has 0 saturated carbocycles. The molecule has 2 nitrogen and oxygen atoms in total. The maximum absolute atomic E-state index is 12.3. The van der Waals surface area contributed by atoms with Gasteiger partial charge >= 0.3 is 0 Å². The van der Waals surface area contributed by atoms with Crippen LogP contribution in [0.4, 0.5) is 5.69 Å². The minimum Gasteiger partial charge on any atom is -0.307 e. The van der Waals surface area contributed by atoms with Crippen LogP contribution in [0.3, 0.4) is 0 Å². The number of rotatable bonds is 5. The highest BCUT2D eigenvalue weighted by Gasteiger charge is 2.35. The third-order valence-corrected chi connectivity index (χ3v) is 3.96. The molecule has 0 aliphatic heterocycles. The maximum Gasteiger partial charge on any atom is 0.227 e. The summed E-state index contributed by atoms with van der Waals surface area (Å²) >= 11 is 0. The molecule has 1 rings (SSSR count). The van der Waals surface area contributed by atoms with Crippen LogP contribution in [0.25, 0.3) is 0 Å². The summed E-state index contributed by atoms with van der Waals surface area (Å²) in [4.78, 5) is 14.3. The standard InChI is InChI=1S/C16H25NO/c1-6-13(3)16(4,5)17(15(18)7-2)14-11-9-8-10-12-14/h8-13H,6-7H2,1-5H3/t13-/m0/s1. The van der Waals surface area contributed by atoms with Gasteiger partial charge in [-0.2, -0.15) is 0 Å². The first-order valence-electron chi connectivity index (χ1n) is 6.83. The van der Waals surface area contributed by atoms with Crippen LogP contribution in [-0.4, -0.2) is 11.4 Å². The highest BCUT2D eigenvalue weighted by molar-refractivity contribution is 5.94. The molecule has 1 amide bonds. The van der Waals surface area contributed by atoms with Gasteiger partial charge in [0.2, 0.25) is 5.91 Å². The van der Waals surface area contributed by atoms with E-state index in [-0.39, 0.29) is 11.4 Å². The maximum atomic E-state index is 12.3. The highest BCUT2D eigenvalue weighted by Crippen LogP contribution is 2.32. The van der Waals surface area contributed by atoms with Gasteiger partial charge in [-0.05, 0) is 31.9 Å². The van der Waals surface area contributed by atoms with Gasteiger partial charge in [0.15, 0.2) is 0 Å². The van der Waals surface area contributed by atoms with Gasteiger partial charge < -0.3 is 4.90 Å². The smallest absolute Gasteiger partial charge is 0.227 e. The lowest BCUT2D eigenvalue weighted by Gasteiger charge is -2.43. The Morgan fingerprint density at radius 2 is 1.78 bits per heavy atom. The van der Waals surface area contributed by atoms with Gasteiger partial charge in [0.25, 0.3) is 0 Å². The number of hydrogen-bond donors (Lipinski definition) is 0. The van der Waals surface area contributed by atoms with Crippen LogP contribution in [0.5, 0.6) is 0 Å². The molecule has 0 N–H and O–H groups in total. The highest BCUT2D eigenvalue weighted by atomic mass is 16.2. The molecule has 0 saturated heterocycles. The number of hydrogen-bond acceptors (Lipinski definition) is 1. The van der Waals surface area contributed by atoms with Crippen molar-refractivity contribution < 1.29 is 4.79 Å². The fraction of sp³-hybridized carbons (Fsp3) is 0.562. The molecule has 0 spiro atoms. The van der Waals surface area contributed by atoms with Crippen molar-refractivity contribution in [1.29, 1.82) is 0 Å². The molecule has 0 radical (unpaired) electrons. The number of amides is 1. The predicted octanol–water partition coefficient (Wildman–Crippen LogP) is 4.25. The van der Waals surface area contributed by atoms with Crippen molar-refractivity contribution in [2.45, 2.75) is 53.0 Å². The predicted molar refractivity (Wildman–Crippen MR) is 77.8 cm³/mol. The van der Waals surface area contributed by atoms with Crippen LogP contribution in [0, 0.1) is 5.92 Å². The van der Waals surface area contributed by atoms with E-state index < -0.39 is 0 Å². The van der Waals surface area contributed by atoms with Crippen molar-refractivity contribution in [2.75, 3.05) is 4.90 Å². The second-order valence-corrected chi connectivity index (χ2v) is 5.38. The topological polar surface area (TPSA) is 20.3 Å². The number of anilines is 1. The molecule has 0 unspecified atom stereocenters. The van der Waals surface area contributed by atoms with Crippen LogP contribution in [0.2, 0.25) is 0 Å². The molecule has 1 aromatic carbocycles. The summed E-state index contributed by atoms with van der Waals surface area (Å²) in [5, 5.41) is 0. The summed E-state index contributed by atoms with van der Waals surface area (Å²) in [5.41, 5.74) is 0.832. The van der Waals surface area contributed by atoms with E-state index in [0.29, 0.717) is 12.3 Å². The van der Waals surface area contributed by atoms with Crippen LogP contribution in [0.15, 0.2) is 30.3 Å². The fourth-order valence-electron chi connectivity index (χ4n) is 2.25. The Morgan fingerprint density at radius 1 is 1.22 bits per heavy atom. The first-order chi connectivity index (χ1) is 8.45. The van der Waals surface area contributed by atoms with Crippen molar-refractivity contribution in [2.24, 2.45) is 5.92 Å². The van der Waals surface area contributed by atoms with Crippen molar-refractivity contribution in [3.63, 3.8) is 0 Å². The van der Waals surface area contributed by atoms with E-state index in [1.165, 1.54) is 0 Å². The average molecular weight is 247 g/mol. The van der Waals surface area contributed by atoms with Gasteiger partial charge in [-0.3, -0.25) is 4.79 Å². The fourth-order valence-corrected chi connectivity index (χ4v) is 2.25. The normalized spacial score (nSPS) is 13.2. The summed E-state index contributed by atoms with van der Waals surface area (Å²) in [6.07, 6.45) is 1.60. The number of benzene rings is 1. The van der Waals surface area contributed by atoms with E-state index in [4.69, 9.17) is 0 Å². The van der Waals surface area contributed by atoms with E-state index >= 15 is 0 Å². The van der Waals surface area contributed by atoms with Crippen molar-refractivity contribution in [1.82, 2.24) is 0 Å². The number of para-hydroxylation sites is 1. The Morgan fingerprint density at radius 3 is 2.22 bits per heavy atom. The largest absolute Gasteiger partial charge is 0.307 e. The first kappa shape index (κ1) is 14.7. The van der Waals surface area contributed by atoms with Crippen LogP contribution in [-0.2, 0) is 4.79 Å². The molecule has 1 atom stereocenters. The SMILES string of the molecule is CCC(=O)N(c1ccccc1)C(C)(C)[C@@H](C)CC. The van der Waals surface area contributed by atoms with Crippen LogP contribution >= 0.6 is 0 Å². The third kappa shape index (κ3) is 2.92. The number of nitrogens with zero attached hydrogens (tertiary/aromatic N) is 1. The molecule has 18 heavy (non-hydrogen) atoms. The zero-order valence-corrected chi connectivity index (χ0v) is 12.2. The molecule has 100 valence electrons. The molecule has 0 aromatic heterocycles. The lowest BCUT2D eigenvalue weighted by Crippen LogP contribution is -2.52. The van der Waals surface area contributed by atoms with Crippen molar-refractivity contribution >= 4 is 11.6 Å². The van der Waals surface area contributed by atoms with Gasteiger partial charge in [-0.1, -0.05) is 45.4 Å². The average Bonchev–Trinajstić information content (AvgIpc) is 2.38. The summed E-state index contributed by atoms with van der Waals surface area (Å²) < 4.78 is 0. The Bertz CT molecular complexity index is 383. The first-order valence-corrected chi connectivity index (χ1v) is 6.83. The minimum absolute atomic E-state index is 0.163. The number of carbonyl (C=O) groups excluding carboxylic acids is 1. The van der Waals surface area contributed by atoms with Crippen LogP contribution in [0.1, 0.15) is 47.5 Å². The quantitative estimate of drug-likeness (QED) is 0.761. The van der Waals surface area contributed by atoms with E-state index in [9.17, 15) is 4.79 Å². The second kappa shape index (κ2) is 6.03. The Kier molecular flexibility index (Phi) is 4.94. The van der Waals surface area contributed by atoms with Gasteiger partial charge in [-0.25, -0.2) is 0 Å². The Hall–Kier alpha value is -1.31. The summed E-state index contributed by atoms with van der Waals surface area (Å²) in [6, 6.07) is 9.97. The molecular weight excluding hydrogens is 222 g/mol. The molecule has 0 heterocycles. The van der Waals surface area contributed by atoms with E-state index in [1.807, 2.05) is 42.2 Å². The molecule has 0 aliphatic rings. The van der Waals surface area contributed by atoms with Gasteiger partial charge in [0.1, 0.15) is 0 Å². The lowest BCUT2D eigenvalue weighted by atomic mass is 9.84. The zero-order valence-electron chi connectivity index (χ0n) is 12.2. The monoisotopic (exact) mass is 247 g/mol. The second-order valence-electron chi connectivity index (χ2n) is 5.38. The van der Waals surface area contributed by atoms with Gasteiger partial charge in [0.05, 0.1) is 0 Å². The Labute approximate surface area is 111 Å². The zero-order chi connectivity index (χ0) is 13.8. The minimum atomic E-state index is -0.163. The molecule has 0 bridgehead atoms. The Balaban J connectivity index is 3.18. The summed E-state index contributed by atoms with van der Waals surface area (Å²) in [6.45, 7) is 10.6. The molecular formula is C16H25NO. The van der Waals surface area contributed by atoms with Crippen molar-refractivity contribution in [3.8, 4) is 0 Å². The lowest BCUT2D eigenvalue weighted by molar-refractivity contribution is -0.119. The van der Waals surface area contributed by atoms with Gasteiger partial charge in [-0.15, -0.1) is 0 Å². The summed E-state index contributed by atoms with van der Waals surface area (Å²) in [7, 11) is 0. The molecule has 2 heteroatoms. The van der Waals surface area contributed by atoms with Gasteiger partial charge in [0, 0.05) is 17.6 Å². The van der Waals surface area contributed by atoms with E-state index in [2.05, 4.69) is 27.7 Å². The molecule has 1 aromatic rings. The summed E-state index contributed by atoms with van der Waals surface area (Å²) in [5.74, 6) is 0.639. The van der Waals surface area contributed by atoms with E-state index in [1.54, 1.807) is 0 Å². The third-order valence-electron chi connectivity index (χ3n) is 3.96. The molecule has 0 aliphatic carbocycles. The number of carbonyl (C=O) groups is 1. The van der Waals surface area contributed by atoms with E-state index in [0.717, 1.165) is 12.1 Å². The van der Waals surface area contributed by atoms with Crippen molar-refractivity contribution in [3.05, 3.63) is 30.3 Å².